The van der Waals surface area contributed by atoms with Crippen LogP contribution in [0.4, 0.5) is 8.78 Å². The highest BCUT2D eigenvalue weighted by Crippen LogP contribution is 2.27. The lowest BCUT2D eigenvalue weighted by molar-refractivity contribution is -0.160. The van der Waals surface area contributed by atoms with Gasteiger partial charge < -0.3 is 9.58 Å². The van der Waals surface area contributed by atoms with Gasteiger partial charge in [-0.3, -0.25) is 4.79 Å². The van der Waals surface area contributed by atoms with E-state index in [1.165, 1.54) is 26.0 Å². The predicted octanol–water partition coefficient (Wildman–Crippen LogP) is 3.19. The van der Waals surface area contributed by atoms with E-state index in [0.29, 0.717) is 6.42 Å². The van der Waals surface area contributed by atoms with Crippen molar-refractivity contribution >= 4 is 21.9 Å². The third-order valence-corrected chi connectivity index (χ3v) is 4.65. The average Bonchev–Trinajstić information content (AvgIpc) is 2.60. The van der Waals surface area contributed by atoms with E-state index in [1.54, 1.807) is 25.1 Å². The molecule has 0 unspecified atom stereocenters. The van der Waals surface area contributed by atoms with E-state index in [4.69, 9.17) is 6.57 Å². The molecular formula is C16H18F2N2O5S. The van der Waals surface area contributed by atoms with Crippen molar-refractivity contribution in [3.05, 3.63) is 47.3 Å². The zero-order valence-corrected chi connectivity index (χ0v) is 15.2. The molecule has 0 saturated carbocycles. The topological polar surface area (TPSA) is 86.4 Å². The summed E-state index contributed by atoms with van der Waals surface area (Å²) < 4.78 is 59.4. The first-order valence-electron chi connectivity index (χ1n) is 7.46. The van der Waals surface area contributed by atoms with Crippen LogP contribution in [0.5, 0.6) is 0 Å². The van der Waals surface area contributed by atoms with Crippen molar-refractivity contribution in [1.82, 2.24) is 0 Å². The molecule has 0 fully saturated rings. The van der Waals surface area contributed by atoms with Gasteiger partial charge in [-0.2, -0.15) is 21.5 Å². The molecule has 0 bridgehead atoms. The monoisotopic (exact) mass is 388 g/mol. The summed E-state index contributed by atoms with van der Waals surface area (Å²) in [5, 5.41) is -1.53. The van der Waals surface area contributed by atoms with Crippen LogP contribution in [0.15, 0.2) is 35.5 Å². The smallest absolute Gasteiger partial charge is 0.418 e. The maximum atomic E-state index is 13.9. The number of nitrogens with zero attached hydrogens (tertiary/aromatic N) is 2. The van der Waals surface area contributed by atoms with Gasteiger partial charge in [-0.05, 0) is 20.3 Å². The summed E-state index contributed by atoms with van der Waals surface area (Å²) >= 11 is 0. The van der Waals surface area contributed by atoms with Crippen LogP contribution in [0.1, 0.15) is 32.8 Å². The Bertz CT molecular complexity index is 815. The molecule has 0 N–H and O–H groups in total. The molecule has 26 heavy (non-hydrogen) atoms. The van der Waals surface area contributed by atoms with Crippen LogP contribution < -0.4 is 0 Å². The zero-order valence-electron chi connectivity index (χ0n) is 14.4. The SMILES string of the molecule is [C-]#[N+]C(=NOS(=O)(=O)C(F)(F)COC(=O)C(C)(C)CC)c1ccccc1. The number of rotatable bonds is 8. The lowest BCUT2D eigenvalue weighted by Gasteiger charge is -2.21. The van der Waals surface area contributed by atoms with Gasteiger partial charge in [-0.25, -0.2) is 0 Å². The van der Waals surface area contributed by atoms with Gasteiger partial charge in [0.25, 0.3) is 0 Å². The Balaban J connectivity index is 2.90. The van der Waals surface area contributed by atoms with Gasteiger partial charge in [-0.15, -0.1) is 0 Å². The maximum absolute atomic E-state index is 13.9. The number of ether oxygens (including phenoxy) is 1. The number of carbonyl (C=O) groups is 1. The summed E-state index contributed by atoms with van der Waals surface area (Å²) in [4.78, 5) is 14.6. The standard InChI is InChI=1S/C16H18F2N2O5S/c1-5-15(2,3)14(21)24-11-16(17,18)26(22,23)25-20-13(19-4)12-9-7-6-8-10-12/h6-10H,5,11H2,1-3H3. The number of hydrogen-bond acceptors (Lipinski definition) is 6. The number of alkyl halides is 2. The van der Waals surface area contributed by atoms with Crippen molar-refractivity contribution in [2.75, 3.05) is 6.61 Å². The minimum Gasteiger partial charge on any atom is -0.457 e. The van der Waals surface area contributed by atoms with E-state index in [2.05, 4.69) is 19.0 Å². The average molecular weight is 388 g/mol. The summed E-state index contributed by atoms with van der Waals surface area (Å²) in [6.07, 6.45) is 0.316. The first kappa shape index (κ1) is 21.5. The Hall–Kier alpha value is -2.54. The van der Waals surface area contributed by atoms with Gasteiger partial charge in [0, 0.05) is 5.56 Å². The molecule has 0 atom stereocenters. The fraction of sp³-hybridized carbons (Fsp3) is 0.438. The van der Waals surface area contributed by atoms with Crippen molar-refractivity contribution in [3.8, 4) is 0 Å². The normalized spacial score (nSPS) is 13.0. The van der Waals surface area contributed by atoms with Crippen LogP contribution >= 0.6 is 0 Å². The molecular weight excluding hydrogens is 370 g/mol. The fourth-order valence-corrected chi connectivity index (χ4v) is 1.91. The van der Waals surface area contributed by atoms with Crippen LogP contribution in [-0.2, 0) is 23.9 Å². The van der Waals surface area contributed by atoms with Gasteiger partial charge in [-0.1, -0.05) is 43.8 Å². The van der Waals surface area contributed by atoms with Crippen LogP contribution in [0.3, 0.4) is 0 Å². The molecule has 1 rings (SSSR count). The summed E-state index contributed by atoms with van der Waals surface area (Å²) in [5.41, 5.74) is -0.846. The zero-order chi connectivity index (χ0) is 20.0. The maximum Gasteiger partial charge on any atom is 0.418 e. The summed E-state index contributed by atoms with van der Waals surface area (Å²) in [6, 6.07) is 7.60. The molecule has 0 aliphatic heterocycles. The summed E-state index contributed by atoms with van der Waals surface area (Å²) in [5.74, 6) is -1.49. The van der Waals surface area contributed by atoms with Crippen LogP contribution in [0, 0.1) is 12.0 Å². The molecule has 0 aliphatic rings. The Morgan fingerprint density at radius 3 is 2.35 bits per heavy atom. The molecule has 0 saturated heterocycles. The second-order valence-electron chi connectivity index (χ2n) is 5.87. The molecule has 7 nitrogen and oxygen atoms in total. The predicted molar refractivity (Wildman–Crippen MR) is 89.6 cm³/mol. The Kier molecular flexibility index (Phi) is 6.80. The summed E-state index contributed by atoms with van der Waals surface area (Å²) in [7, 11) is -5.56. The second-order valence-corrected chi connectivity index (χ2v) is 7.53. The van der Waals surface area contributed by atoms with Crippen LogP contribution in [0.2, 0.25) is 0 Å². The van der Waals surface area contributed by atoms with Crippen molar-refractivity contribution < 1.29 is 31.0 Å². The highest BCUT2D eigenvalue weighted by molar-refractivity contribution is 7.87. The van der Waals surface area contributed by atoms with Gasteiger partial charge in [0.15, 0.2) is 6.61 Å². The van der Waals surface area contributed by atoms with E-state index in [0.717, 1.165) is 0 Å². The third-order valence-electron chi connectivity index (χ3n) is 3.53. The molecule has 10 heteroatoms. The number of hydrogen-bond donors (Lipinski definition) is 0. The lowest BCUT2D eigenvalue weighted by Crippen LogP contribution is -2.38. The molecule has 0 aromatic heterocycles. The second kappa shape index (κ2) is 8.23. The van der Waals surface area contributed by atoms with Crippen molar-refractivity contribution in [2.45, 2.75) is 32.4 Å². The van der Waals surface area contributed by atoms with E-state index in [1.807, 2.05) is 0 Å². The minimum absolute atomic E-state index is 0.192. The molecule has 0 spiro atoms. The van der Waals surface area contributed by atoms with Crippen LogP contribution in [0.25, 0.3) is 4.85 Å². The van der Waals surface area contributed by atoms with E-state index < -0.39 is 39.2 Å². The summed E-state index contributed by atoms with van der Waals surface area (Å²) in [6.45, 7) is 9.84. The van der Waals surface area contributed by atoms with Gasteiger partial charge >= 0.3 is 27.2 Å². The lowest BCUT2D eigenvalue weighted by atomic mass is 9.91. The largest absolute Gasteiger partial charge is 0.457 e. The van der Waals surface area contributed by atoms with Gasteiger partial charge in [0.05, 0.1) is 10.6 Å². The van der Waals surface area contributed by atoms with Gasteiger partial charge in [0.1, 0.15) is 0 Å². The number of esters is 1. The first-order chi connectivity index (χ1) is 12.0. The molecule has 0 radical (unpaired) electrons. The van der Waals surface area contributed by atoms with Gasteiger partial charge in [0.2, 0.25) is 0 Å². The highest BCUT2D eigenvalue weighted by atomic mass is 32.2. The number of benzene rings is 1. The molecule has 0 amide bonds. The van der Waals surface area contributed by atoms with E-state index >= 15 is 0 Å². The van der Waals surface area contributed by atoms with Crippen molar-refractivity contribution in [1.29, 1.82) is 0 Å². The third kappa shape index (κ3) is 5.23. The Labute approximate surface area is 150 Å². The molecule has 0 heterocycles. The van der Waals surface area contributed by atoms with Crippen molar-refractivity contribution in [2.24, 2.45) is 10.6 Å². The molecule has 1 aromatic rings. The van der Waals surface area contributed by atoms with E-state index in [9.17, 15) is 22.0 Å². The molecule has 1 aromatic carbocycles. The first-order valence-corrected chi connectivity index (χ1v) is 8.87. The number of amidine groups is 1. The minimum atomic E-state index is -5.56. The molecule has 0 aliphatic carbocycles. The molecule has 142 valence electrons. The number of oxime groups is 1. The number of carbonyl (C=O) groups excluding carboxylic acids is 1. The fourth-order valence-electron chi connectivity index (χ4n) is 1.43. The highest BCUT2D eigenvalue weighted by Gasteiger charge is 2.51. The quantitative estimate of drug-likeness (QED) is 0.224. The van der Waals surface area contributed by atoms with E-state index in [-0.39, 0.29) is 5.56 Å². The van der Waals surface area contributed by atoms with Crippen LogP contribution in [-0.4, -0.2) is 32.1 Å². The van der Waals surface area contributed by atoms with Crippen molar-refractivity contribution in [3.63, 3.8) is 0 Å². The number of halogens is 2. The Morgan fingerprint density at radius 2 is 1.85 bits per heavy atom. The Morgan fingerprint density at radius 1 is 1.27 bits per heavy atom.